The number of carbonyl (C=O) groups excluding carboxylic acids is 2. The van der Waals surface area contributed by atoms with Crippen molar-refractivity contribution in [1.82, 2.24) is 9.80 Å². The average Bonchev–Trinajstić information content (AvgIpc) is 3.02. The van der Waals surface area contributed by atoms with Crippen LogP contribution >= 0.6 is 0 Å². The molecule has 4 atom stereocenters. The van der Waals surface area contributed by atoms with Crippen LogP contribution in [0.15, 0.2) is 0 Å². The third-order valence-electron chi connectivity index (χ3n) is 4.47. The maximum atomic E-state index is 12.6. The molecule has 3 rings (SSSR count). The lowest BCUT2D eigenvalue weighted by Gasteiger charge is -2.38. The molecule has 0 unspecified atom stereocenters. The van der Waals surface area contributed by atoms with Crippen molar-refractivity contribution in [3.8, 4) is 0 Å². The van der Waals surface area contributed by atoms with Crippen LogP contribution in [-0.2, 0) is 19.1 Å². The summed E-state index contributed by atoms with van der Waals surface area (Å²) in [7, 11) is 0. The molecule has 112 valence electrons. The number of piperazine rings is 1. The lowest BCUT2D eigenvalue weighted by Crippen LogP contribution is -2.60. The standard InChI is InChI=1S/C14H22N2O4/c1-3-19-9-5-11-13(17)16-8-10(20-4-2)6-12(16)14(18)15(11)7-9/h9-12H,3-8H2,1-2H3/t9-,10+,11-,12+. The van der Waals surface area contributed by atoms with Crippen molar-refractivity contribution >= 4 is 11.8 Å². The van der Waals surface area contributed by atoms with Crippen molar-refractivity contribution < 1.29 is 19.1 Å². The Balaban J connectivity index is 1.75. The first kappa shape index (κ1) is 13.8. The number of fused-ring (bicyclic) bond motifs is 2. The summed E-state index contributed by atoms with van der Waals surface area (Å²) >= 11 is 0. The van der Waals surface area contributed by atoms with Crippen LogP contribution in [0.4, 0.5) is 0 Å². The van der Waals surface area contributed by atoms with E-state index in [-0.39, 0.29) is 36.1 Å². The number of hydrogen-bond donors (Lipinski definition) is 0. The van der Waals surface area contributed by atoms with Crippen LogP contribution in [0.5, 0.6) is 0 Å². The molecule has 0 aromatic heterocycles. The van der Waals surface area contributed by atoms with Crippen molar-refractivity contribution in [3.05, 3.63) is 0 Å². The van der Waals surface area contributed by atoms with Crippen molar-refractivity contribution in [2.24, 2.45) is 0 Å². The van der Waals surface area contributed by atoms with E-state index in [2.05, 4.69) is 0 Å². The molecule has 0 aliphatic carbocycles. The predicted molar refractivity (Wildman–Crippen MR) is 71.1 cm³/mol. The molecule has 0 aromatic rings. The van der Waals surface area contributed by atoms with Crippen molar-refractivity contribution in [1.29, 1.82) is 0 Å². The minimum Gasteiger partial charge on any atom is -0.377 e. The molecule has 3 heterocycles. The Bertz CT molecular complexity index is 348. The molecule has 3 fully saturated rings. The smallest absolute Gasteiger partial charge is 0.246 e. The monoisotopic (exact) mass is 282 g/mol. The Morgan fingerprint density at radius 3 is 1.65 bits per heavy atom. The Morgan fingerprint density at radius 2 is 1.30 bits per heavy atom. The van der Waals surface area contributed by atoms with Gasteiger partial charge in [-0.3, -0.25) is 9.59 Å². The zero-order valence-corrected chi connectivity index (χ0v) is 12.1. The minimum atomic E-state index is -0.323. The predicted octanol–water partition coefficient (Wildman–Crippen LogP) is 0.0120. The second-order valence-corrected chi connectivity index (χ2v) is 5.64. The van der Waals surface area contributed by atoms with E-state index < -0.39 is 0 Å². The molecule has 0 saturated carbocycles. The van der Waals surface area contributed by atoms with Crippen LogP contribution in [0.3, 0.4) is 0 Å². The van der Waals surface area contributed by atoms with E-state index >= 15 is 0 Å². The van der Waals surface area contributed by atoms with Gasteiger partial charge >= 0.3 is 0 Å². The number of hydrogen-bond acceptors (Lipinski definition) is 4. The van der Waals surface area contributed by atoms with Crippen LogP contribution in [0.1, 0.15) is 26.7 Å². The lowest BCUT2D eigenvalue weighted by molar-refractivity contribution is -0.157. The second-order valence-electron chi connectivity index (χ2n) is 5.64. The fourth-order valence-electron chi connectivity index (χ4n) is 3.65. The van der Waals surface area contributed by atoms with Crippen LogP contribution in [-0.4, -0.2) is 72.2 Å². The first-order chi connectivity index (χ1) is 9.65. The van der Waals surface area contributed by atoms with E-state index in [9.17, 15) is 9.59 Å². The number of nitrogens with zero attached hydrogens (tertiary/aromatic N) is 2. The van der Waals surface area contributed by atoms with Gasteiger partial charge in [0.15, 0.2) is 0 Å². The lowest BCUT2D eigenvalue weighted by atomic mass is 10.1. The van der Waals surface area contributed by atoms with Crippen molar-refractivity contribution in [3.63, 3.8) is 0 Å². The molecule has 6 nitrogen and oxygen atoms in total. The van der Waals surface area contributed by atoms with Gasteiger partial charge in [0.1, 0.15) is 12.1 Å². The first-order valence-corrected chi connectivity index (χ1v) is 7.49. The highest BCUT2D eigenvalue weighted by Crippen LogP contribution is 2.33. The van der Waals surface area contributed by atoms with E-state index in [4.69, 9.17) is 9.47 Å². The van der Waals surface area contributed by atoms with Gasteiger partial charge in [-0.15, -0.1) is 0 Å². The summed E-state index contributed by atoms with van der Waals surface area (Å²) in [5, 5.41) is 0. The van der Waals surface area contributed by atoms with E-state index in [0.717, 1.165) is 0 Å². The Hall–Kier alpha value is -1.14. The van der Waals surface area contributed by atoms with Gasteiger partial charge in [0, 0.05) is 39.1 Å². The van der Waals surface area contributed by atoms with Gasteiger partial charge in [0.25, 0.3) is 0 Å². The van der Waals surface area contributed by atoms with Gasteiger partial charge in [0.2, 0.25) is 11.8 Å². The number of ether oxygens (including phenoxy) is 2. The third kappa shape index (κ3) is 2.11. The Morgan fingerprint density at radius 1 is 0.900 bits per heavy atom. The number of amides is 2. The maximum absolute atomic E-state index is 12.6. The first-order valence-electron chi connectivity index (χ1n) is 7.49. The number of rotatable bonds is 4. The van der Waals surface area contributed by atoms with Crippen molar-refractivity contribution in [2.75, 3.05) is 26.3 Å². The van der Waals surface area contributed by atoms with Gasteiger partial charge in [-0.2, -0.15) is 0 Å². The normalized spacial score (nSPS) is 36.5. The van der Waals surface area contributed by atoms with Crippen LogP contribution in [0.25, 0.3) is 0 Å². The molecular weight excluding hydrogens is 260 g/mol. The van der Waals surface area contributed by atoms with Crippen LogP contribution < -0.4 is 0 Å². The fourth-order valence-corrected chi connectivity index (χ4v) is 3.65. The summed E-state index contributed by atoms with van der Waals surface area (Å²) in [6.07, 6.45) is 1.25. The molecule has 20 heavy (non-hydrogen) atoms. The summed E-state index contributed by atoms with van der Waals surface area (Å²) in [5.41, 5.74) is 0. The van der Waals surface area contributed by atoms with E-state index in [1.807, 2.05) is 13.8 Å². The SMILES string of the molecule is CCO[C@@H]1C[C@@H]2C(=O)N3C[C@@H](OCC)C[C@H]3C(=O)N2C1. The highest BCUT2D eigenvalue weighted by molar-refractivity contribution is 5.98. The number of carbonyl (C=O) groups is 2. The van der Waals surface area contributed by atoms with Crippen LogP contribution in [0.2, 0.25) is 0 Å². The fraction of sp³-hybridized carbons (Fsp3) is 0.857. The zero-order chi connectivity index (χ0) is 14.3. The molecule has 3 aliphatic heterocycles. The molecule has 3 saturated heterocycles. The zero-order valence-electron chi connectivity index (χ0n) is 12.1. The van der Waals surface area contributed by atoms with E-state index in [1.165, 1.54) is 0 Å². The van der Waals surface area contributed by atoms with Gasteiger partial charge in [0.05, 0.1) is 12.2 Å². The summed E-state index contributed by atoms with van der Waals surface area (Å²) in [6, 6.07) is -0.647. The summed E-state index contributed by atoms with van der Waals surface area (Å²) in [6.45, 7) is 6.21. The van der Waals surface area contributed by atoms with Gasteiger partial charge in [-0.25, -0.2) is 0 Å². The highest BCUT2D eigenvalue weighted by atomic mass is 16.5. The molecule has 0 spiro atoms. The molecule has 0 bridgehead atoms. The molecule has 0 aromatic carbocycles. The topological polar surface area (TPSA) is 59.1 Å². The minimum absolute atomic E-state index is 0.000570. The highest BCUT2D eigenvalue weighted by Gasteiger charge is 2.53. The van der Waals surface area contributed by atoms with Gasteiger partial charge in [-0.1, -0.05) is 0 Å². The third-order valence-corrected chi connectivity index (χ3v) is 4.47. The molecule has 2 amide bonds. The quantitative estimate of drug-likeness (QED) is 0.729. The van der Waals surface area contributed by atoms with Gasteiger partial charge < -0.3 is 19.3 Å². The maximum Gasteiger partial charge on any atom is 0.246 e. The molecular formula is C14H22N2O4. The Kier molecular flexibility index (Phi) is 3.69. The summed E-state index contributed by atoms with van der Waals surface area (Å²) in [4.78, 5) is 28.5. The molecule has 0 N–H and O–H groups in total. The van der Waals surface area contributed by atoms with Crippen molar-refractivity contribution in [2.45, 2.75) is 51.0 Å². The largest absolute Gasteiger partial charge is 0.377 e. The average molecular weight is 282 g/mol. The summed E-state index contributed by atoms with van der Waals surface area (Å²) in [5.74, 6) is 0.137. The van der Waals surface area contributed by atoms with E-state index in [0.29, 0.717) is 39.1 Å². The second kappa shape index (κ2) is 5.33. The molecule has 3 aliphatic rings. The molecule has 6 heteroatoms. The Labute approximate surface area is 119 Å². The summed E-state index contributed by atoms with van der Waals surface area (Å²) < 4.78 is 11.2. The molecule has 0 radical (unpaired) electrons. The van der Waals surface area contributed by atoms with Crippen LogP contribution in [0, 0.1) is 0 Å². The van der Waals surface area contributed by atoms with Gasteiger partial charge in [-0.05, 0) is 13.8 Å². The van der Waals surface area contributed by atoms with E-state index in [1.54, 1.807) is 9.80 Å².